The molecule has 0 atom stereocenters. The van der Waals surface area contributed by atoms with Gasteiger partial charge in [0.05, 0.1) is 0 Å². The standard InChI is InChI=1S/C6H5.C4H9.Al.FH/c1-2-4-6-5-3-1;1-3-4-2;;/h1-5H;1,3-4H2,2H3;;1H. The van der Waals surface area contributed by atoms with Gasteiger partial charge in [0, 0.05) is 0 Å². The van der Waals surface area contributed by atoms with Crippen LogP contribution >= 0.6 is 0 Å². The quantitative estimate of drug-likeness (QED) is 0.494. The van der Waals surface area contributed by atoms with Crippen molar-refractivity contribution in [2.24, 2.45) is 0 Å². The zero-order chi connectivity index (χ0) is 7.94. The summed E-state index contributed by atoms with van der Waals surface area (Å²) in [7, 11) is 0. The lowest BCUT2D eigenvalue weighted by atomic mass is 10.4. The lowest BCUT2D eigenvalue weighted by Gasteiger charge is -1.96. The molecule has 0 saturated carbocycles. The second kappa shape index (κ2) is 7.34. The number of hydrogen-bond donors (Lipinski definition) is 0. The molecular formula is C10H15AlF. The van der Waals surface area contributed by atoms with Crippen molar-refractivity contribution in [1.29, 1.82) is 0 Å². The molecule has 0 nitrogen and oxygen atoms in total. The van der Waals surface area contributed by atoms with Gasteiger partial charge in [0.15, 0.2) is 0 Å². The van der Waals surface area contributed by atoms with Crippen molar-refractivity contribution in [3.05, 3.63) is 30.3 Å². The molecule has 0 heterocycles. The van der Waals surface area contributed by atoms with Crippen LogP contribution in [0.25, 0.3) is 0 Å². The van der Waals surface area contributed by atoms with Crippen LogP contribution in [0, 0.1) is 0 Å². The molecule has 0 aromatic heterocycles. The molecule has 0 bridgehead atoms. The first-order valence-electron chi connectivity index (χ1n) is 4.31. The van der Waals surface area contributed by atoms with E-state index < -0.39 is 0 Å². The molecule has 1 rings (SSSR count). The van der Waals surface area contributed by atoms with E-state index in [1.54, 1.807) is 4.43 Å². The fourth-order valence-corrected chi connectivity index (χ4v) is 2.50. The van der Waals surface area contributed by atoms with Crippen LogP contribution in [-0.4, -0.2) is 15.2 Å². The molecule has 0 aliphatic carbocycles. The zero-order valence-corrected chi connectivity index (χ0v) is 8.65. The summed E-state index contributed by atoms with van der Waals surface area (Å²) in [6.45, 7) is 2.25. The molecular weight excluding hydrogens is 166 g/mol. The summed E-state index contributed by atoms with van der Waals surface area (Å²) >= 11 is 0.544. The van der Waals surface area contributed by atoms with Crippen molar-refractivity contribution in [3.8, 4) is 0 Å². The Morgan fingerprint density at radius 3 is 2.42 bits per heavy atom. The van der Waals surface area contributed by atoms with Crippen molar-refractivity contribution in [2.75, 3.05) is 0 Å². The normalized spacial score (nSPS) is 8.75. The molecule has 0 amide bonds. The molecule has 0 aliphatic heterocycles. The van der Waals surface area contributed by atoms with E-state index in [2.05, 4.69) is 37.3 Å². The Morgan fingerprint density at radius 2 is 1.83 bits per heavy atom. The van der Waals surface area contributed by atoms with Crippen LogP contribution < -0.4 is 4.43 Å². The van der Waals surface area contributed by atoms with E-state index in [4.69, 9.17) is 0 Å². The minimum atomic E-state index is 0. The molecule has 1 aromatic rings. The maximum Gasteiger partial charge on any atom is 0.250 e. The van der Waals surface area contributed by atoms with Gasteiger partial charge < -0.3 is 0 Å². The molecule has 12 heavy (non-hydrogen) atoms. The number of unbranched alkanes of at least 4 members (excludes halogenated alkanes) is 1. The van der Waals surface area contributed by atoms with Crippen LogP contribution in [0.3, 0.4) is 0 Å². The van der Waals surface area contributed by atoms with Gasteiger partial charge in [0.1, 0.15) is 0 Å². The predicted octanol–water partition coefficient (Wildman–Crippen LogP) is 2.39. The molecule has 0 N–H and O–H groups in total. The third-order valence-corrected chi connectivity index (χ3v) is 3.29. The highest BCUT2D eigenvalue weighted by Gasteiger charge is 1.93. The van der Waals surface area contributed by atoms with E-state index in [0.29, 0.717) is 15.2 Å². The molecule has 0 spiro atoms. The van der Waals surface area contributed by atoms with Gasteiger partial charge >= 0.3 is 0 Å². The topological polar surface area (TPSA) is 0 Å². The van der Waals surface area contributed by atoms with Crippen LogP contribution in [-0.2, 0) is 0 Å². The monoisotopic (exact) mass is 181 g/mol. The van der Waals surface area contributed by atoms with Crippen molar-refractivity contribution in [1.82, 2.24) is 0 Å². The van der Waals surface area contributed by atoms with Crippen LogP contribution in [0.4, 0.5) is 4.70 Å². The van der Waals surface area contributed by atoms with Crippen LogP contribution in [0.1, 0.15) is 19.8 Å². The summed E-state index contributed by atoms with van der Waals surface area (Å²) in [6.07, 6.45) is 2.73. The van der Waals surface area contributed by atoms with E-state index in [-0.39, 0.29) is 4.70 Å². The summed E-state index contributed by atoms with van der Waals surface area (Å²) in [4.78, 5) is 0. The van der Waals surface area contributed by atoms with E-state index in [1.807, 2.05) is 0 Å². The van der Waals surface area contributed by atoms with E-state index >= 15 is 0 Å². The Morgan fingerprint density at radius 1 is 1.17 bits per heavy atom. The Hall–Kier alpha value is -0.318. The first kappa shape index (κ1) is 11.7. The SMILES string of the molecule is CCC[CH2][Al][c]1ccccc1.F. The Kier molecular flexibility index (Phi) is 7.14. The molecule has 0 unspecified atom stereocenters. The number of benzene rings is 1. The summed E-state index contributed by atoms with van der Waals surface area (Å²) in [6, 6.07) is 10.8. The van der Waals surface area contributed by atoms with Gasteiger partial charge in [0.2, 0.25) is 15.2 Å². The van der Waals surface area contributed by atoms with Crippen LogP contribution in [0.2, 0.25) is 5.28 Å². The summed E-state index contributed by atoms with van der Waals surface area (Å²) in [5, 5.41) is 1.42. The summed E-state index contributed by atoms with van der Waals surface area (Å²) in [5.74, 6) is 0. The Bertz CT molecular complexity index is 186. The summed E-state index contributed by atoms with van der Waals surface area (Å²) < 4.78 is 1.56. The first-order chi connectivity index (χ1) is 5.43. The average molecular weight is 181 g/mol. The summed E-state index contributed by atoms with van der Waals surface area (Å²) in [5.41, 5.74) is 0. The third kappa shape index (κ3) is 4.54. The fraction of sp³-hybridized carbons (Fsp3) is 0.400. The predicted molar refractivity (Wildman–Crippen MR) is 54.0 cm³/mol. The Labute approximate surface area is 80.1 Å². The van der Waals surface area contributed by atoms with Gasteiger partial charge in [-0.25, -0.2) is 0 Å². The molecule has 2 heteroatoms. The second-order valence-electron chi connectivity index (χ2n) is 2.76. The highest BCUT2D eigenvalue weighted by molar-refractivity contribution is 6.53. The molecule has 1 aromatic carbocycles. The minimum Gasteiger partial charge on any atom is -0.269 e. The van der Waals surface area contributed by atoms with Gasteiger partial charge in [-0.3, -0.25) is 4.70 Å². The molecule has 1 radical (unpaired) electrons. The molecule has 0 fully saturated rings. The third-order valence-electron chi connectivity index (χ3n) is 1.74. The minimum absolute atomic E-state index is 0. The zero-order valence-electron chi connectivity index (χ0n) is 7.49. The van der Waals surface area contributed by atoms with Crippen molar-refractivity contribution < 1.29 is 4.70 Å². The number of hydrogen-bond acceptors (Lipinski definition) is 0. The highest BCUT2D eigenvalue weighted by Crippen LogP contribution is 1.93. The van der Waals surface area contributed by atoms with Gasteiger partial charge in [-0.2, -0.15) is 0 Å². The number of halogens is 1. The van der Waals surface area contributed by atoms with Crippen LogP contribution in [0.15, 0.2) is 30.3 Å². The van der Waals surface area contributed by atoms with Gasteiger partial charge in [-0.15, -0.1) is 4.43 Å². The molecule has 65 valence electrons. The number of rotatable bonds is 4. The molecule has 0 aliphatic rings. The Balaban J connectivity index is 0.00000121. The lowest BCUT2D eigenvalue weighted by molar-refractivity contribution is 0.881. The van der Waals surface area contributed by atoms with Crippen molar-refractivity contribution >= 4 is 19.6 Å². The molecule has 0 saturated heterocycles. The van der Waals surface area contributed by atoms with E-state index in [0.717, 1.165) is 0 Å². The van der Waals surface area contributed by atoms with Gasteiger partial charge in [-0.1, -0.05) is 55.4 Å². The average Bonchev–Trinajstić information content (AvgIpc) is 2.07. The van der Waals surface area contributed by atoms with Crippen molar-refractivity contribution in [2.45, 2.75) is 25.0 Å². The lowest BCUT2D eigenvalue weighted by Crippen LogP contribution is -2.11. The van der Waals surface area contributed by atoms with Gasteiger partial charge in [-0.05, 0) is 0 Å². The van der Waals surface area contributed by atoms with Gasteiger partial charge in [0.25, 0.3) is 0 Å². The maximum absolute atomic E-state index is 2.25. The van der Waals surface area contributed by atoms with E-state index in [9.17, 15) is 0 Å². The fourth-order valence-electron chi connectivity index (χ4n) is 1.06. The van der Waals surface area contributed by atoms with Crippen LogP contribution in [0.5, 0.6) is 0 Å². The maximum atomic E-state index is 2.25. The smallest absolute Gasteiger partial charge is 0.250 e. The van der Waals surface area contributed by atoms with Crippen molar-refractivity contribution in [3.63, 3.8) is 0 Å². The first-order valence-corrected chi connectivity index (χ1v) is 5.71. The largest absolute Gasteiger partial charge is 0.269 e. The second-order valence-corrected chi connectivity index (χ2v) is 4.41. The highest BCUT2D eigenvalue weighted by atomic mass is 27.1. The van der Waals surface area contributed by atoms with E-state index in [1.165, 1.54) is 18.1 Å².